The van der Waals surface area contributed by atoms with E-state index in [1.807, 2.05) is 12.1 Å². The number of fused-ring (bicyclic) bond motifs is 1. The highest BCUT2D eigenvalue weighted by atomic mass is 16.5. The summed E-state index contributed by atoms with van der Waals surface area (Å²) >= 11 is 0. The van der Waals surface area contributed by atoms with Gasteiger partial charge in [0.1, 0.15) is 0 Å². The van der Waals surface area contributed by atoms with Crippen molar-refractivity contribution in [1.82, 2.24) is 5.32 Å². The summed E-state index contributed by atoms with van der Waals surface area (Å²) in [5, 5.41) is 13.3. The molecule has 2 atom stereocenters. The van der Waals surface area contributed by atoms with Crippen LogP contribution in [0.4, 0.5) is 0 Å². The Bertz CT molecular complexity index is 477. The van der Waals surface area contributed by atoms with Crippen LogP contribution in [0.2, 0.25) is 0 Å². The monoisotopic (exact) mass is 305 g/mol. The molecule has 3 rings (SSSR count). The first kappa shape index (κ1) is 15.6. The summed E-state index contributed by atoms with van der Waals surface area (Å²) in [6.07, 6.45) is 6.98. The number of ether oxygens (including phenoxy) is 2. The van der Waals surface area contributed by atoms with E-state index in [9.17, 15) is 5.11 Å². The molecule has 122 valence electrons. The molecule has 0 spiro atoms. The van der Waals surface area contributed by atoms with Crippen LogP contribution in [-0.2, 0) is 6.54 Å². The largest absolute Gasteiger partial charge is 0.490 e. The van der Waals surface area contributed by atoms with Gasteiger partial charge in [0.15, 0.2) is 11.5 Å². The zero-order valence-electron chi connectivity index (χ0n) is 13.2. The van der Waals surface area contributed by atoms with Crippen LogP contribution in [0.15, 0.2) is 18.2 Å². The van der Waals surface area contributed by atoms with Crippen molar-refractivity contribution in [2.24, 2.45) is 5.92 Å². The molecular formula is C18H27NO3. The average molecular weight is 305 g/mol. The van der Waals surface area contributed by atoms with Crippen LogP contribution in [0.5, 0.6) is 11.5 Å². The predicted molar refractivity (Wildman–Crippen MR) is 86.3 cm³/mol. The van der Waals surface area contributed by atoms with Crippen LogP contribution in [0.25, 0.3) is 0 Å². The fourth-order valence-electron chi connectivity index (χ4n) is 3.51. The Morgan fingerprint density at radius 3 is 2.82 bits per heavy atom. The van der Waals surface area contributed by atoms with Crippen molar-refractivity contribution >= 4 is 0 Å². The van der Waals surface area contributed by atoms with Gasteiger partial charge in [0, 0.05) is 31.2 Å². The Hall–Kier alpha value is -1.26. The maximum Gasteiger partial charge on any atom is 0.165 e. The van der Waals surface area contributed by atoms with Crippen molar-refractivity contribution in [2.45, 2.75) is 51.1 Å². The summed E-state index contributed by atoms with van der Waals surface area (Å²) in [4.78, 5) is 0. The summed E-state index contributed by atoms with van der Waals surface area (Å²) in [5.41, 5.74) is 1.15. The van der Waals surface area contributed by atoms with Crippen LogP contribution >= 0.6 is 0 Å². The smallest absolute Gasteiger partial charge is 0.165 e. The van der Waals surface area contributed by atoms with Gasteiger partial charge in [-0.25, -0.2) is 0 Å². The zero-order valence-corrected chi connectivity index (χ0v) is 13.2. The molecule has 22 heavy (non-hydrogen) atoms. The lowest BCUT2D eigenvalue weighted by molar-refractivity contribution is 0.180. The normalized spacial score (nSPS) is 25.3. The Balaban J connectivity index is 1.68. The van der Waals surface area contributed by atoms with E-state index in [2.05, 4.69) is 11.4 Å². The molecule has 2 N–H and O–H groups in total. The summed E-state index contributed by atoms with van der Waals surface area (Å²) in [5.74, 6) is 2.13. The van der Waals surface area contributed by atoms with Crippen LogP contribution in [-0.4, -0.2) is 31.0 Å². The molecule has 1 heterocycles. The van der Waals surface area contributed by atoms with E-state index in [1.54, 1.807) is 0 Å². The van der Waals surface area contributed by atoms with Gasteiger partial charge in [0.05, 0.1) is 13.2 Å². The molecule has 1 aliphatic carbocycles. The van der Waals surface area contributed by atoms with Crippen molar-refractivity contribution in [1.29, 1.82) is 0 Å². The van der Waals surface area contributed by atoms with Crippen molar-refractivity contribution in [3.8, 4) is 11.5 Å². The first-order valence-corrected chi connectivity index (χ1v) is 8.60. The molecule has 1 aliphatic heterocycles. The highest BCUT2D eigenvalue weighted by Gasteiger charge is 2.23. The van der Waals surface area contributed by atoms with Gasteiger partial charge >= 0.3 is 0 Å². The third-order valence-electron chi connectivity index (χ3n) is 4.80. The van der Waals surface area contributed by atoms with E-state index in [1.165, 1.54) is 19.3 Å². The van der Waals surface area contributed by atoms with Crippen molar-refractivity contribution in [3.63, 3.8) is 0 Å². The maximum atomic E-state index is 9.63. The molecule has 2 aliphatic rings. The molecular weight excluding hydrogens is 278 g/mol. The van der Waals surface area contributed by atoms with E-state index in [-0.39, 0.29) is 6.61 Å². The third-order valence-corrected chi connectivity index (χ3v) is 4.80. The number of hydrogen-bond acceptors (Lipinski definition) is 4. The molecule has 4 nitrogen and oxygen atoms in total. The molecule has 0 saturated heterocycles. The number of rotatable bonds is 4. The van der Waals surface area contributed by atoms with Gasteiger partial charge in [-0.15, -0.1) is 0 Å². The van der Waals surface area contributed by atoms with E-state index in [4.69, 9.17) is 9.47 Å². The van der Waals surface area contributed by atoms with Gasteiger partial charge in [-0.05, 0) is 24.8 Å². The SMILES string of the molecule is OCC1CCCCCC1NCc1cccc2c1OCCCO2. The summed E-state index contributed by atoms with van der Waals surface area (Å²) < 4.78 is 11.6. The molecule has 1 saturated carbocycles. The van der Waals surface area contributed by atoms with Gasteiger partial charge in [-0.1, -0.05) is 31.4 Å². The second-order valence-electron chi connectivity index (χ2n) is 6.36. The first-order chi connectivity index (χ1) is 10.9. The van der Waals surface area contributed by atoms with Gasteiger partial charge in [-0.2, -0.15) is 0 Å². The molecule has 1 aromatic carbocycles. The van der Waals surface area contributed by atoms with Gasteiger partial charge < -0.3 is 19.9 Å². The molecule has 0 bridgehead atoms. The quantitative estimate of drug-likeness (QED) is 0.840. The summed E-state index contributed by atoms with van der Waals surface area (Å²) in [7, 11) is 0. The topological polar surface area (TPSA) is 50.7 Å². The molecule has 0 aromatic heterocycles. The maximum absolute atomic E-state index is 9.63. The van der Waals surface area contributed by atoms with Crippen molar-refractivity contribution in [2.75, 3.05) is 19.8 Å². The molecule has 0 amide bonds. The van der Waals surface area contributed by atoms with Gasteiger partial charge in [0.2, 0.25) is 0 Å². The van der Waals surface area contributed by atoms with Crippen molar-refractivity contribution in [3.05, 3.63) is 23.8 Å². The van der Waals surface area contributed by atoms with Crippen LogP contribution in [0.3, 0.4) is 0 Å². The fourth-order valence-corrected chi connectivity index (χ4v) is 3.51. The first-order valence-electron chi connectivity index (χ1n) is 8.60. The number of nitrogens with one attached hydrogen (secondary N) is 1. The minimum Gasteiger partial charge on any atom is -0.490 e. The Morgan fingerprint density at radius 2 is 1.91 bits per heavy atom. The number of para-hydroxylation sites is 1. The van der Waals surface area contributed by atoms with E-state index < -0.39 is 0 Å². The van der Waals surface area contributed by atoms with E-state index in [0.29, 0.717) is 18.6 Å². The summed E-state index contributed by atoms with van der Waals surface area (Å²) in [6.45, 7) is 2.49. The van der Waals surface area contributed by atoms with Gasteiger partial charge in [-0.3, -0.25) is 0 Å². The number of benzene rings is 1. The van der Waals surface area contributed by atoms with Crippen molar-refractivity contribution < 1.29 is 14.6 Å². The van der Waals surface area contributed by atoms with Crippen LogP contribution in [0.1, 0.15) is 44.1 Å². The highest BCUT2D eigenvalue weighted by Crippen LogP contribution is 2.33. The minimum atomic E-state index is 0.282. The second-order valence-corrected chi connectivity index (χ2v) is 6.36. The lowest BCUT2D eigenvalue weighted by Crippen LogP contribution is -2.37. The predicted octanol–water partition coefficient (Wildman–Crippen LogP) is 2.88. The lowest BCUT2D eigenvalue weighted by Gasteiger charge is -2.25. The Morgan fingerprint density at radius 1 is 1.05 bits per heavy atom. The standard InChI is InChI=1S/C18H27NO3/c20-13-15-6-2-1-3-8-16(15)19-12-14-7-4-9-17-18(14)22-11-5-10-21-17/h4,7,9,15-16,19-20H,1-3,5-6,8,10-13H2. The number of hydrogen-bond donors (Lipinski definition) is 2. The lowest BCUT2D eigenvalue weighted by atomic mass is 9.95. The molecule has 0 radical (unpaired) electrons. The number of aliphatic hydroxyl groups is 1. The van der Waals surface area contributed by atoms with Crippen LogP contribution in [0, 0.1) is 5.92 Å². The van der Waals surface area contributed by atoms with Gasteiger partial charge in [0.25, 0.3) is 0 Å². The molecule has 1 aromatic rings. The van der Waals surface area contributed by atoms with E-state index in [0.717, 1.165) is 49.5 Å². The Labute approximate surface area is 132 Å². The number of aliphatic hydroxyl groups excluding tert-OH is 1. The average Bonchev–Trinajstić information content (AvgIpc) is 2.92. The zero-order chi connectivity index (χ0) is 15.2. The molecule has 4 heteroatoms. The fraction of sp³-hybridized carbons (Fsp3) is 0.667. The molecule has 2 unspecified atom stereocenters. The van der Waals surface area contributed by atoms with Crippen LogP contribution < -0.4 is 14.8 Å². The minimum absolute atomic E-state index is 0.282. The third kappa shape index (κ3) is 3.73. The molecule has 1 fully saturated rings. The Kier molecular flexibility index (Phi) is 5.57. The highest BCUT2D eigenvalue weighted by molar-refractivity contribution is 5.47. The second kappa shape index (κ2) is 7.84. The van der Waals surface area contributed by atoms with E-state index >= 15 is 0 Å². The summed E-state index contributed by atoms with van der Waals surface area (Å²) in [6, 6.07) is 6.51.